The lowest BCUT2D eigenvalue weighted by Crippen LogP contribution is -2.48. The summed E-state index contributed by atoms with van der Waals surface area (Å²) in [5.41, 5.74) is -6.37. The molecule has 0 radical (unpaired) electrons. The Kier molecular flexibility index (Phi) is 3.25. The highest BCUT2D eigenvalue weighted by molar-refractivity contribution is 5.22. The lowest BCUT2D eigenvalue weighted by Gasteiger charge is -2.25. The van der Waals surface area contributed by atoms with E-state index in [2.05, 4.69) is 4.98 Å². The lowest BCUT2D eigenvalue weighted by molar-refractivity contribution is -0.118. The largest absolute Gasteiger partial charge is 0.393 e. The van der Waals surface area contributed by atoms with E-state index >= 15 is 0 Å². The lowest BCUT2D eigenvalue weighted by atomic mass is 9.89. The molecule has 0 bridgehead atoms. The molecule has 2 heterocycles. The number of hydrogen-bond donors (Lipinski definition) is 3. The van der Waals surface area contributed by atoms with Crippen molar-refractivity contribution >= 4 is 0 Å². The van der Waals surface area contributed by atoms with Gasteiger partial charge in [0, 0.05) is 0 Å². The topological polar surface area (TPSA) is 117 Å². The first-order valence-electron chi connectivity index (χ1n) is 5.59. The Morgan fingerprint density at radius 2 is 2.35 bits per heavy atom. The third-order valence-corrected chi connectivity index (χ3v) is 3.25. The van der Waals surface area contributed by atoms with Gasteiger partial charge in [0.15, 0.2) is 6.23 Å². The van der Waals surface area contributed by atoms with E-state index in [1.54, 1.807) is 5.92 Å². The monoisotopic (exact) mass is 285 g/mol. The van der Waals surface area contributed by atoms with Crippen molar-refractivity contribution < 1.29 is 19.3 Å². The Hall–Kier alpha value is -2.02. The van der Waals surface area contributed by atoms with Gasteiger partial charge in [-0.25, -0.2) is 14.0 Å². The van der Waals surface area contributed by atoms with Crippen LogP contribution in [0.1, 0.15) is 13.2 Å². The van der Waals surface area contributed by atoms with Gasteiger partial charge in [0.1, 0.15) is 18.0 Å². The molecule has 0 saturated carbocycles. The number of aromatic amines is 1. The minimum atomic E-state index is -2.76. The third kappa shape index (κ3) is 1.85. The molecule has 0 aliphatic carbocycles. The van der Waals surface area contributed by atoms with Crippen molar-refractivity contribution in [1.82, 2.24) is 14.5 Å². The molecule has 20 heavy (non-hydrogen) atoms. The summed E-state index contributed by atoms with van der Waals surface area (Å²) < 4.78 is 20.6. The molecule has 1 aliphatic rings. The van der Waals surface area contributed by atoms with Gasteiger partial charge in [0.05, 0.1) is 6.61 Å². The summed E-state index contributed by atoms with van der Waals surface area (Å²) in [7, 11) is 0. The zero-order chi connectivity index (χ0) is 15.1. The maximum atomic E-state index is 14.7. The van der Waals surface area contributed by atoms with Gasteiger partial charge in [-0.15, -0.1) is 6.42 Å². The molecule has 0 amide bonds. The average molecular weight is 285 g/mol. The summed E-state index contributed by atoms with van der Waals surface area (Å²) in [6, 6.07) is 0. The van der Waals surface area contributed by atoms with Gasteiger partial charge in [-0.1, -0.05) is 5.92 Å². The van der Waals surface area contributed by atoms with Crippen molar-refractivity contribution in [3.8, 4) is 12.3 Å². The van der Waals surface area contributed by atoms with Gasteiger partial charge in [-0.2, -0.15) is 4.98 Å². The first-order valence-corrected chi connectivity index (χ1v) is 5.59. The molecule has 1 aromatic rings. The maximum Gasteiger partial charge on any atom is 0.350 e. The number of hydrogen-bond acceptors (Lipinski definition) is 6. The summed E-state index contributed by atoms with van der Waals surface area (Å²) >= 11 is 0. The van der Waals surface area contributed by atoms with Gasteiger partial charge in [0.25, 0.3) is 0 Å². The molecule has 8 nitrogen and oxygen atoms in total. The standard InChI is InChI=1S/C11H12FN3O5/c1-3-11(12)6(17)10(2,4-16)20-7(11)15-5-13-8(18)14-9(15)19/h1,5-7,16-17H,4H2,2H3,(H,14,18,19)/t6?,7-,10?,11?/m1/s1. The van der Waals surface area contributed by atoms with Gasteiger partial charge >= 0.3 is 11.4 Å². The molecule has 3 N–H and O–H groups in total. The molecule has 1 aliphatic heterocycles. The van der Waals surface area contributed by atoms with Crippen LogP contribution >= 0.6 is 0 Å². The Morgan fingerprint density at radius 3 is 2.85 bits per heavy atom. The summed E-state index contributed by atoms with van der Waals surface area (Å²) in [5.74, 6) is 1.74. The molecular weight excluding hydrogens is 273 g/mol. The van der Waals surface area contributed by atoms with E-state index in [1.807, 2.05) is 4.98 Å². The highest BCUT2D eigenvalue weighted by Crippen LogP contribution is 2.45. The fraction of sp³-hybridized carbons (Fsp3) is 0.545. The number of ether oxygens (including phenoxy) is 1. The van der Waals surface area contributed by atoms with E-state index in [-0.39, 0.29) is 0 Å². The Morgan fingerprint density at radius 1 is 1.70 bits per heavy atom. The van der Waals surface area contributed by atoms with E-state index in [0.29, 0.717) is 4.57 Å². The normalized spacial score (nSPS) is 36.8. The second kappa shape index (κ2) is 4.52. The zero-order valence-corrected chi connectivity index (χ0v) is 10.4. The van der Waals surface area contributed by atoms with Crippen LogP contribution in [0.25, 0.3) is 0 Å². The van der Waals surface area contributed by atoms with Crippen LogP contribution in [0.15, 0.2) is 15.9 Å². The number of rotatable bonds is 2. The van der Waals surface area contributed by atoms with Crippen molar-refractivity contribution in [2.24, 2.45) is 0 Å². The zero-order valence-electron chi connectivity index (χ0n) is 10.4. The highest BCUT2D eigenvalue weighted by atomic mass is 19.1. The second-order valence-corrected chi connectivity index (χ2v) is 4.64. The number of aliphatic hydroxyl groups is 2. The molecule has 108 valence electrons. The number of halogens is 1. The molecule has 4 atom stereocenters. The third-order valence-electron chi connectivity index (χ3n) is 3.25. The molecule has 1 saturated heterocycles. The fourth-order valence-electron chi connectivity index (χ4n) is 2.04. The molecule has 3 unspecified atom stereocenters. The molecule has 0 aromatic carbocycles. The SMILES string of the molecule is C#CC1(F)C(O)C(C)(CO)O[C@H]1n1cnc(=O)[nH]c1=O. The van der Waals surface area contributed by atoms with Crippen LogP contribution in [0.4, 0.5) is 4.39 Å². The van der Waals surface area contributed by atoms with Crippen molar-refractivity contribution in [3.63, 3.8) is 0 Å². The van der Waals surface area contributed by atoms with Crippen molar-refractivity contribution in [2.45, 2.75) is 30.5 Å². The highest BCUT2D eigenvalue weighted by Gasteiger charge is 2.63. The first-order chi connectivity index (χ1) is 9.28. The summed E-state index contributed by atoms with van der Waals surface area (Å²) in [6.45, 7) is 0.525. The van der Waals surface area contributed by atoms with Crippen LogP contribution in [0, 0.1) is 12.3 Å². The first kappa shape index (κ1) is 14.4. The van der Waals surface area contributed by atoms with Crippen molar-refractivity contribution in [1.29, 1.82) is 0 Å². The average Bonchev–Trinajstić information content (AvgIpc) is 2.62. The predicted octanol–water partition coefficient (Wildman–Crippen LogP) is -2.09. The number of H-pyrrole nitrogens is 1. The molecule has 9 heteroatoms. The summed E-state index contributed by atoms with van der Waals surface area (Å²) in [6.07, 6.45) is 2.25. The van der Waals surface area contributed by atoms with Crippen LogP contribution in [0.3, 0.4) is 0 Å². The molecule has 1 aromatic heterocycles. The molecule has 0 spiro atoms. The predicted molar refractivity (Wildman–Crippen MR) is 63.4 cm³/mol. The summed E-state index contributed by atoms with van der Waals surface area (Å²) in [5, 5.41) is 19.2. The molecular formula is C11H12FN3O5. The van der Waals surface area contributed by atoms with Gasteiger partial charge in [-0.3, -0.25) is 9.55 Å². The number of aliphatic hydroxyl groups excluding tert-OH is 2. The number of alkyl halides is 1. The van der Waals surface area contributed by atoms with Crippen LogP contribution in [-0.4, -0.2) is 48.7 Å². The molecule has 1 fully saturated rings. The number of terminal acetylenes is 1. The van der Waals surface area contributed by atoms with E-state index in [9.17, 15) is 24.2 Å². The van der Waals surface area contributed by atoms with Crippen LogP contribution in [0.2, 0.25) is 0 Å². The van der Waals surface area contributed by atoms with Gasteiger partial charge < -0.3 is 14.9 Å². The minimum Gasteiger partial charge on any atom is -0.393 e. The minimum absolute atomic E-state index is 0.616. The summed E-state index contributed by atoms with van der Waals surface area (Å²) in [4.78, 5) is 27.6. The fourth-order valence-corrected chi connectivity index (χ4v) is 2.04. The van der Waals surface area contributed by atoms with Crippen molar-refractivity contribution in [2.75, 3.05) is 6.61 Å². The smallest absolute Gasteiger partial charge is 0.350 e. The van der Waals surface area contributed by atoms with Crippen LogP contribution in [-0.2, 0) is 4.74 Å². The number of nitrogens with zero attached hydrogens (tertiary/aromatic N) is 2. The van der Waals surface area contributed by atoms with E-state index in [0.717, 1.165) is 6.33 Å². The molecule has 2 rings (SSSR count). The van der Waals surface area contributed by atoms with Crippen LogP contribution < -0.4 is 11.4 Å². The Balaban J connectivity index is 2.59. The van der Waals surface area contributed by atoms with E-state index < -0.39 is 41.6 Å². The maximum absolute atomic E-state index is 14.7. The number of nitrogens with one attached hydrogen (secondary N) is 1. The van der Waals surface area contributed by atoms with Crippen molar-refractivity contribution in [3.05, 3.63) is 27.3 Å². The quantitative estimate of drug-likeness (QED) is 0.537. The van der Waals surface area contributed by atoms with Gasteiger partial charge in [0.2, 0.25) is 5.67 Å². The van der Waals surface area contributed by atoms with E-state index in [4.69, 9.17) is 11.2 Å². The Bertz CT molecular complexity index is 680. The van der Waals surface area contributed by atoms with Gasteiger partial charge in [-0.05, 0) is 6.92 Å². The van der Waals surface area contributed by atoms with Crippen LogP contribution in [0.5, 0.6) is 0 Å². The van der Waals surface area contributed by atoms with E-state index in [1.165, 1.54) is 6.92 Å². The second-order valence-electron chi connectivity index (χ2n) is 4.64. The number of aromatic nitrogens is 3. The Labute approximate surface area is 111 Å².